The van der Waals surface area contributed by atoms with Gasteiger partial charge in [-0.2, -0.15) is 0 Å². The molecule has 1 aliphatic heterocycles. The van der Waals surface area contributed by atoms with Gasteiger partial charge in [0.25, 0.3) is 0 Å². The van der Waals surface area contributed by atoms with Crippen LogP contribution >= 0.6 is 0 Å². The summed E-state index contributed by atoms with van der Waals surface area (Å²) in [5.41, 5.74) is 8.61. The number of fused-ring (bicyclic) bond motifs is 1. The van der Waals surface area contributed by atoms with Gasteiger partial charge in [0.1, 0.15) is 5.82 Å². The Balaban J connectivity index is 1.74. The molecule has 1 aliphatic rings. The lowest BCUT2D eigenvalue weighted by atomic mass is 9.89. The van der Waals surface area contributed by atoms with Crippen LogP contribution in [0.5, 0.6) is 0 Å². The van der Waals surface area contributed by atoms with Crippen LogP contribution in [0.1, 0.15) is 26.1 Å². The highest BCUT2D eigenvalue weighted by Gasteiger charge is 2.23. The number of rotatable bonds is 2. The average molecular weight is 258 g/mol. The van der Waals surface area contributed by atoms with E-state index >= 15 is 0 Å². The van der Waals surface area contributed by atoms with Crippen molar-refractivity contribution >= 4 is 16.7 Å². The first-order valence-corrected chi connectivity index (χ1v) is 7.08. The molecule has 4 nitrogen and oxygen atoms in total. The van der Waals surface area contributed by atoms with E-state index in [1.165, 1.54) is 19.5 Å². The maximum Gasteiger partial charge on any atom is 0.121 e. The lowest BCUT2D eigenvalue weighted by molar-refractivity contribution is 0.130. The van der Waals surface area contributed by atoms with Crippen LogP contribution in [0, 0.1) is 11.8 Å². The number of nitrogens with zero attached hydrogens (tertiary/aromatic N) is 2. The third-order valence-electron chi connectivity index (χ3n) is 4.35. The van der Waals surface area contributed by atoms with Gasteiger partial charge in [-0.05, 0) is 43.0 Å². The number of nitrogen functional groups attached to an aromatic ring is 1. The molecule has 3 rings (SSSR count). The van der Waals surface area contributed by atoms with Gasteiger partial charge < -0.3 is 10.7 Å². The number of likely N-dealkylation sites (tertiary alicyclic amines) is 1. The molecule has 2 heterocycles. The number of H-pyrrole nitrogens is 1. The molecular weight excluding hydrogens is 236 g/mol. The van der Waals surface area contributed by atoms with Crippen molar-refractivity contribution in [1.29, 1.82) is 0 Å². The maximum absolute atomic E-state index is 5.79. The zero-order valence-corrected chi connectivity index (χ0v) is 11.7. The standard InChI is InChI=1S/C15H22N4/c1-10-5-6-19(8-11(10)2)9-15-17-13-4-3-12(16)7-14(13)18-15/h3-4,7,10-11H,5-6,8-9,16H2,1-2H3,(H,17,18). The van der Waals surface area contributed by atoms with Crippen molar-refractivity contribution in [2.75, 3.05) is 18.8 Å². The van der Waals surface area contributed by atoms with E-state index in [0.717, 1.165) is 40.9 Å². The minimum absolute atomic E-state index is 0.772. The molecule has 1 aromatic heterocycles. The number of nitrogens with one attached hydrogen (secondary N) is 1. The minimum atomic E-state index is 0.772. The van der Waals surface area contributed by atoms with Crippen LogP contribution in [0.15, 0.2) is 18.2 Å². The molecule has 2 aromatic rings. The molecule has 0 aliphatic carbocycles. The number of aromatic nitrogens is 2. The third-order valence-corrected chi connectivity index (χ3v) is 4.35. The summed E-state index contributed by atoms with van der Waals surface area (Å²) in [6, 6.07) is 5.83. The van der Waals surface area contributed by atoms with Crippen molar-refractivity contribution in [1.82, 2.24) is 14.9 Å². The molecule has 1 fully saturated rings. The molecule has 19 heavy (non-hydrogen) atoms. The second-order valence-electron chi connectivity index (χ2n) is 5.94. The number of hydrogen-bond acceptors (Lipinski definition) is 3. The Kier molecular flexibility index (Phi) is 3.19. The zero-order chi connectivity index (χ0) is 13.4. The average Bonchev–Trinajstić information content (AvgIpc) is 2.75. The van der Waals surface area contributed by atoms with Gasteiger partial charge in [0, 0.05) is 12.2 Å². The smallest absolute Gasteiger partial charge is 0.121 e. The molecule has 4 heteroatoms. The van der Waals surface area contributed by atoms with Gasteiger partial charge in [-0.1, -0.05) is 13.8 Å². The lowest BCUT2D eigenvalue weighted by Gasteiger charge is -2.34. The van der Waals surface area contributed by atoms with E-state index in [4.69, 9.17) is 5.73 Å². The Morgan fingerprint density at radius 1 is 1.37 bits per heavy atom. The highest BCUT2D eigenvalue weighted by Crippen LogP contribution is 2.24. The van der Waals surface area contributed by atoms with E-state index in [1.807, 2.05) is 18.2 Å². The first-order chi connectivity index (χ1) is 9.11. The van der Waals surface area contributed by atoms with Crippen molar-refractivity contribution in [3.63, 3.8) is 0 Å². The molecule has 102 valence electrons. The molecule has 3 N–H and O–H groups in total. The number of benzene rings is 1. The molecule has 0 radical (unpaired) electrons. The Morgan fingerprint density at radius 3 is 3.00 bits per heavy atom. The summed E-state index contributed by atoms with van der Waals surface area (Å²) in [6.45, 7) is 7.94. The number of anilines is 1. The monoisotopic (exact) mass is 258 g/mol. The van der Waals surface area contributed by atoms with Gasteiger partial charge in [0.2, 0.25) is 0 Å². The number of piperidine rings is 1. The largest absolute Gasteiger partial charge is 0.399 e. The summed E-state index contributed by atoms with van der Waals surface area (Å²) in [5, 5.41) is 0. The van der Waals surface area contributed by atoms with Gasteiger partial charge in [-0.25, -0.2) is 4.98 Å². The summed E-state index contributed by atoms with van der Waals surface area (Å²) in [4.78, 5) is 10.5. The number of hydrogen-bond donors (Lipinski definition) is 2. The van der Waals surface area contributed by atoms with Crippen LogP contribution in [0.4, 0.5) is 5.69 Å². The fraction of sp³-hybridized carbons (Fsp3) is 0.533. The summed E-state index contributed by atoms with van der Waals surface area (Å²) in [5.74, 6) is 2.66. The molecule has 0 spiro atoms. The second kappa shape index (κ2) is 4.85. The van der Waals surface area contributed by atoms with Crippen molar-refractivity contribution < 1.29 is 0 Å². The predicted molar refractivity (Wildman–Crippen MR) is 78.7 cm³/mol. The highest BCUT2D eigenvalue weighted by atomic mass is 15.2. The second-order valence-corrected chi connectivity index (χ2v) is 5.94. The van der Waals surface area contributed by atoms with Gasteiger partial charge >= 0.3 is 0 Å². The van der Waals surface area contributed by atoms with Crippen LogP contribution in [-0.2, 0) is 6.54 Å². The van der Waals surface area contributed by atoms with Crippen molar-refractivity contribution in [2.24, 2.45) is 11.8 Å². The summed E-state index contributed by atoms with van der Waals surface area (Å²) >= 11 is 0. The normalized spacial score (nSPS) is 24.9. The van der Waals surface area contributed by atoms with Gasteiger partial charge in [-0.3, -0.25) is 4.90 Å². The fourth-order valence-corrected chi connectivity index (χ4v) is 2.86. The van der Waals surface area contributed by atoms with E-state index in [2.05, 4.69) is 28.7 Å². The predicted octanol–water partition coefficient (Wildman–Crippen LogP) is 2.62. The van der Waals surface area contributed by atoms with Gasteiger partial charge in [0.15, 0.2) is 0 Å². The molecule has 1 aromatic carbocycles. The lowest BCUT2D eigenvalue weighted by Crippen LogP contribution is -2.38. The van der Waals surface area contributed by atoms with E-state index in [0.29, 0.717) is 0 Å². The fourth-order valence-electron chi connectivity index (χ4n) is 2.86. The summed E-state index contributed by atoms with van der Waals surface area (Å²) in [7, 11) is 0. The third kappa shape index (κ3) is 2.59. The Bertz CT molecular complexity index is 575. The Morgan fingerprint density at radius 2 is 2.21 bits per heavy atom. The number of aromatic amines is 1. The first-order valence-electron chi connectivity index (χ1n) is 7.08. The molecule has 0 bridgehead atoms. The van der Waals surface area contributed by atoms with E-state index < -0.39 is 0 Å². The molecule has 2 atom stereocenters. The van der Waals surface area contributed by atoms with Crippen LogP contribution in [0.25, 0.3) is 11.0 Å². The molecule has 0 saturated carbocycles. The van der Waals surface area contributed by atoms with Crippen LogP contribution < -0.4 is 5.73 Å². The first kappa shape index (κ1) is 12.5. The Hall–Kier alpha value is -1.55. The SMILES string of the molecule is CC1CCN(Cc2nc3ccc(N)cc3[nH]2)CC1C. The minimum Gasteiger partial charge on any atom is -0.399 e. The summed E-state index contributed by atoms with van der Waals surface area (Å²) < 4.78 is 0. The van der Waals surface area contributed by atoms with Crippen LogP contribution in [-0.4, -0.2) is 28.0 Å². The molecule has 2 unspecified atom stereocenters. The molecule has 0 amide bonds. The van der Waals surface area contributed by atoms with Crippen LogP contribution in [0.3, 0.4) is 0 Å². The van der Waals surface area contributed by atoms with E-state index in [9.17, 15) is 0 Å². The topological polar surface area (TPSA) is 57.9 Å². The van der Waals surface area contributed by atoms with Crippen molar-refractivity contribution in [3.8, 4) is 0 Å². The number of imidazole rings is 1. The highest BCUT2D eigenvalue weighted by molar-refractivity contribution is 5.78. The van der Waals surface area contributed by atoms with Gasteiger partial charge in [0.05, 0.1) is 17.6 Å². The van der Waals surface area contributed by atoms with E-state index in [1.54, 1.807) is 0 Å². The summed E-state index contributed by atoms with van der Waals surface area (Å²) in [6.07, 6.45) is 1.29. The quantitative estimate of drug-likeness (QED) is 0.814. The van der Waals surface area contributed by atoms with E-state index in [-0.39, 0.29) is 0 Å². The molecular formula is C15H22N4. The van der Waals surface area contributed by atoms with Crippen molar-refractivity contribution in [2.45, 2.75) is 26.8 Å². The van der Waals surface area contributed by atoms with Crippen LogP contribution in [0.2, 0.25) is 0 Å². The number of nitrogens with two attached hydrogens (primary N) is 1. The molecule has 1 saturated heterocycles. The zero-order valence-electron chi connectivity index (χ0n) is 11.7. The van der Waals surface area contributed by atoms with Gasteiger partial charge in [-0.15, -0.1) is 0 Å². The van der Waals surface area contributed by atoms with Crippen molar-refractivity contribution in [3.05, 3.63) is 24.0 Å². The maximum atomic E-state index is 5.79. The Labute approximate surface area is 114 Å².